The van der Waals surface area contributed by atoms with Crippen LogP contribution in [0.2, 0.25) is 0 Å². The van der Waals surface area contributed by atoms with Gasteiger partial charge in [0.1, 0.15) is 5.75 Å². The Kier molecular flexibility index (Phi) is 6.94. The van der Waals surface area contributed by atoms with Crippen LogP contribution in [0.15, 0.2) is 48.5 Å². The van der Waals surface area contributed by atoms with Crippen LogP contribution in [-0.4, -0.2) is 45.2 Å². The number of methoxy groups -OCH3 is 1. The third-order valence-electron chi connectivity index (χ3n) is 4.68. The van der Waals surface area contributed by atoms with E-state index in [9.17, 15) is 9.59 Å². The number of amides is 2. The van der Waals surface area contributed by atoms with Crippen molar-refractivity contribution in [1.29, 1.82) is 0 Å². The summed E-state index contributed by atoms with van der Waals surface area (Å²) in [6.45, 7) is 3.42. The lowest BCUT2D eigenvalue weighted by molar-refractivity contribution is -0.123. The van der Waals surface area contributed by atoms with E-state index in [-0.39, 0.29) is 24.3 Å². The van der Waals surface area contributed by atoms with Crippen molar-refractivity contribution in [3.8, 4) is 17.2 Å². The SMILES string of the molecule is CCOc1ccc(N2CC(CNC(=O)COc3ccccc3OC)CC2=O)cc1. The maximum absolute atomic E-state index is 12.4. The average Bonchev–Trinajstić information content (AvgIpc) is 3.12. The van der Waals surface area contributed by atoms with E-state index in [4.69, 9.17) is 14.2 Å². The zero-order valence-electron chi connectivity index (χ0n) is 16.7. The molecule has 2 aromatic rings. The summed E-state index contributed by atoms with van der Waals surface area (Å²) in [7, 11) is 1.55. The van der Waals surface area contributed by atoms with Gasteiger partial charge in [-0.05, 0) is 43.3 Å². The minimum Gasteiger partial charge on any atom is -0.494 e. The molecule has 2 aromatic carbocycles. The van der Waals surface area contributed by atoms with Gasteiger partial charge in [0, 0.05) is 31.1 Å². The van der Waals surface area contributed by atoms with Crippen LogP contribution in [0.4, 0.5) is 5.69 Å². The van der Waals surface area contributed by atoms with Gasteiger partial charge in [-0.3, -0.25) is 9.59 Å². The Morgan fingerprint density at radius 2 is 1.83 bits per heavy atom. The molecular weight excluding hydrogens is 372 g/mol. The monoisotopic (exact) mass is 398 g/mol. The number of carbonyl (C=O) groups is 2. The highest BCUT2D eigenvalue weighted by atomic mass is 16.5. The van der Waals surface area contributed by atoms with E-state index in [1.165, 1.54) is 0 Å². The first-order chi connectivity index (χ1) is 14.1. The number of rotatable bonds is 9. The van der Waals surface area contributed by atoms with Gasteiger partial charge in [0.2, 0.25) is 5.91 Å². The number of benzene rings is 2. The second kappa shape index (κ2) is 9.82. The van der Waals surface area contributed by atoms with Crippen LogP contribution in [0.25, 0.3) is 0 Å². The Hall–Kier alpha value is -3.22. The fraction of sp³-hybridized carbons (Fsp3) is 0.364. The van der Waals surface area contributed by atoms with Gasteiger partial charge < -0.3 is 24.4 Å². The van der Waals surface area contributed by atoms with Crippen molar-refractivity contribution >= 4 is 17.5 Å². The predicted octanol–water partition coefficient (Wildman–Crippen LogP) is 2.64. The summed E-state index contributed by atoms with van der Waals surface area (Å²) < 4.78 is 16.2. The third kappa shape index (κ3) is 5.40. The van der Waals surface area contributed by atoms with Crippen LogP contribution in [0, 0.1) is 5.92 Å². The molecule has 1 heterocycles. The van der Waals surface area contributed by atoms with Crippen molar-refractivity contribution in [2.24, 2.45) is 5.92 Å². The molecule has 0 saturated carbocycles. The summed E-state index contributed by atoms with van der Waals surface area (Å²) in [6, 6.07) is 14.6. The molecule has 0 radical (unpaired) electrons. The lowest BCUT2D eigenvalue weighted by Crippen LogP contribution is -2.34. The molecule has 1 atom stereocenters. The molecule has 154 valence electrons. The number of nitrogens with one attached hydrogen (secondary N) is 1. The number of hydrogen-bond acceptors (Lipinski definition) is 5. The van der Waals surface area contributed by atoms with Crippen LogP contribution < -0.4 is 24.4 Å². The summed E-state index contributed by atoms with van der Waals surface area (Å²) in [5.74, 6) is 1.75. The van der Waals surface area contributed by atoms with Crippen molar-refractivity contribution in [3.05, 3.63) is 48.5 Å². The quantitative estimate of drug-likeness (QED) is 0.703. The topological polar surface area (TPSA) is 77.1 Å². The number of hydrogen-bond donors (Lipinski definition) is 1. The largest absolute Gasteiger partial charge is 0.494 e. The minimum atomic E-state index is -0.233. The van der Waals surface area contributed by atoms with E-state index in [2.05, 4.69) is 5.32 Å². The second-order valence-corrected chi connectivity index (χ2v) is 6.75. The lowest BCUT2D eigenvalue weighted by atomic mass is 10.1. The van der Waals surface area contributed by atoms with Crippen molar-refractivity contribution in [2.75, 3.05) is 38.3 Å². The average molecular weight is 398 g/mol. The van der Waals surface area contributed by atoms with Gasteiger partial charge in [-0.2, -0.15) is 0 Å². The van der Waals surface area contributed by atoms with Gasteiger partial charge in [-0.25, -0.2) is 0 Å². The molecule has 1 unspecified atom stereocenters. The molecule has 1 aliphatic rings. The van der Waals surface area contributed by atoms with E-state index in [1.54, 1.807) is 24.1 Å². The molecule has 1 saturated heterocycles. The molecule has 0 aliphatic carbocycles. The normalized spacial score (nSPS) is 15.9. The Labute approximate surface area is 170 Å². The van der Waals surface area contributed by atoms with Gasteiger partial charge in [0.15, 0.2) is 18.1 Å². The fourth-order valence-electron chi connectivity index (χ4n) is 3.25. The minimum absolute atomic E-state index is 0.0543. The molecule has 1 N–H and O–H groups in total. The van der Waals surface area contributed by atoms with Gasteiger partial charge in [0.05, 0.1) is 13.7 Å². The predicted molar refractivity (Wildman–Crippen MR) is 110 cm³/mol. The van der Waals surface area contributed by atoms with Gasteiger partial charge in [-0.15, -0.1) is 0 Å². The van der Waals surface area contributed by atoms with E-state index < -0.39 is 0 Å². The molecule has 1 aliphatic heterocycles. The second-order valence-electron chi connectivity index (χ2n) is 6.75. The Morgan fingerprint density at radius 3 is 2.52 bits per heavy atom. The fourth-order valence-corrected chi connectivity index (χ4v) is 3.25. The summed E-state index contributed by atoms with van der Waals surface area (Å²) >= 11 is 0. The summed E-state index contributed by atoms with van der Waals surface area (Å²) in [5.41, 5.74) is 0.840. The number of para-hydroxylation sites is 2. The lowest BCUT2D eigenvalue weighted by Gasteiger charge is -2.17. The number of nitrogens with zero attached hydrogens (tertiary/aromatic N) is 1. The van der Waals surface area contributed by atoms with E-state index >= 15 is 0 Å². The third-order valence-corrected chi connectivity index (χ3v) is 4.68. The number of ether oxygens (including phenoxy) is 3. The standard InChI is InChI=1S/C22H26N2O5/c1-3-28-18-10-8-17(9-11-18)24-14-16(12-22(24)26)13-23-21(25)15-29-20-7-5-4-6-19(20)27-2/h4-11,16H,3,12-15H2,1-2H3,(H,23,25). The van der Waals surface area contributed by atoms with Crippen molar-refractivity contribution in [1.82, 2.24) is 5.32 Å². The molecule has 2 amide bonds. The van der Waals surface area contributed by atoms with Gasteiger partial charge in [0.25, 0.3) is 5.91 Å². The molecule has 0 spiro atoms. The molecule has 1 fully saturated rings. The zero-order valence-corrected chi connectivity index (χ0v) is 16.7. The van der Waals surface area contributed by atoms with E-state index in [0.29, 0.717) is 37.6 Å². The highest BCUT2D eigenvalue weighted by molar-refractivity contribution is 5.95. The summed E-state index contributed by atoms with van der Waals surface area (Å²) in [6.07, 6.45) is 0.404. The highest BCUT2D eigenvalue weighted by Gasteiger charge is 2.30. The highest BCUT2D eigenvalue weighted by Crippen LogP contribution is 2.27. The Bertz CT molecular complexity index is 837. The molecule has 29 heavy (non-hydrogen) atoms. The van der Waals surface area contributed by atoms with Gasteiger partial charge in [-0.1, -0.05) is 12.1 Å². The zero-order chi connectivity index (χ0) is 20.6. The smallest absolute Gasteiger partial charge is 0.257 e. The Morgan fingerprint density at radius 1 is 1.10 bits per heavy atom. The molecular formula is C22H26N2O5. The van der Waals surface area contributed by atoms with E-state index in [0.717, 1.165) is 11.4 Å². The van der Waals surface area contributed by atoms with Crippen molar-refractivity contribution in [2.45, 2.75) is 13.3 Å². The van der Waals surface area contributed by atoms with Gasteiger partial charge >= 0.3 is 0 Å². The van der Waals surface area contributed by atoms with E-state index in [1.807, 2.05) is 43.3 Å². The van der Waals surface area contributed by atoms with Crippen LogP contribution in [-0.2, 0) is 9.59 Å². The Balaban J connectivity index is 1.46. The summed E-state index contributed by atoms with van der Waals surface area (Å²) in [4.78, 5) is 26.2. The molecule has 7 nitrogen and oxygen atoms in total. The first-order valence-electron chi connectivity index (χ1n) is 9.66. The van der Waals surface area contributed by atoms with Crippen LogP contribution in [0.3, 0.4) is 0 Å². The number of anilines is 1. The van der Waals surface area contributed by atoms with Crippen LogP contribution >= 0.6 is 0 Å². The van der Waals surface area contributed by atoms with Crippen LogP contribution in [0.5, 0.6) is 17.2 Å². The maximum Gasteiger partial charge on any atom is 0.257 e. The first-order valence-corrected chi connectivity index (χ1v) is 9.66. The molecule has 7 heteroatoms. The first kappa shape index (κ1) is 20.5. The number of carbonyl (C=O) groups excluding carboxylic acids is 2. The van der Waals surface area contributed by atoms with Crippen LogP contribution in [0.1, 0.15) is 13.3 Å². The summed E-state index contributed by atoms with van der Waals surface area (Å²) in [5, 5.41) is 2.85. The molecule has 3 rings (SSSR count). The maximum atomic E-state index is 12.4. The molecule has 0 aromatic heterocycles. The molecule has 0 bridgehead atoms. The van der Waals surface area contributed by atoms with Crippen molar-refractivity contribution in [3.63, 3.8) is 0 Å². The van der Waals surface area contributed by atoms with Crippen molar-refractivity contribution < 1.29 is 23.8 Å².